The third kappa shape index (κ3) is 3.88. The first-order valence-corrected chi connectivity index (χ1v) is 9.21. The van der Waals surface area contributed by atoms with Crippen molar-refractivity contribution >= 4 is 33.2 Å². The maximum absolute atomic E-state index is 13.0. The van der Waals surface area contributed by atoms with Crippen molar-refractivity contribution < 1.29 is 13.2 Å². The summed E-state index contributed by atoms with van der Waals surface area (Å²) < 4.78 is 27.1. The third-order valence-corrected chi connectivity index (χ3v) is 5.55. The minimum Gasteiger partial charge on any atom is -0.368 e. The molecular weight excluding hydrogens is 348 g/mol. The largest absolute Gasteiger partial charge is 0.368 e. The minimum atomic E-state index is -3.95. The lowest BCUT2D eigenvalue weighted by atomic mass is 10.0. The van der Waals surface area contributed by atoms with Crippen LogP contribution in [0.4, 0.5) is 5.69 Å². The number of rotatable bonds is 6. The summed E-state index contributed by atoms with van der Waals surface area (Å²) in [6, 6.07) is 12.9. The van der Waals surface area contributed by atoms with Gasteiger partial charge in [-0.15, -0.1) is 0 Å². The molecule has 0 spiro atoms. The van der Waals surface area contributed by atoms with E-state index in [4.69, 9.17) is 17.3 Å². The van der Waals surface area contributed by atoms with Crippen LogP contribution in [0.3, 0.4) is 0 Å². The highest BCUT2D eigenvalue weighted by Gasteiger charge is 2.28. The highest BCUT2D eigenvalue weighted by Crippen LogP contribution is 2.31. The molecule has 2 rings (SSSR count). The van der Waals surface area contributed by atoms with Gasteiger partial charge in [0.05, 0.1) is 10.6 Å². The first-order valence-electron chi connectivity index (χ1n) is 7.39. The van der Waals surface area contributed by atoms with Crippen LogP contribution in [0, 0.1) is 0 Å². The minimum absolute atomic E-state index is 0.0479. The van der Waals surface area contributed by atoms with Gasteiger partial charge in [0.15, 0.2) is 0 Å². The van der Waals surface area contributed by atoms with Crippen LogP contribution in [0.1, 0.15) is 25.3 Å². The number of carbonyl (C=O) groups is 1. The highest BCUT2D eigenvalue weighted by molar-refractivity contribution is 7.92. The van der Waals surface area contributed by atoms with Crippen LogP contribution in [-0.4, -0.2) is 20.9 Å². The predicted molar refractivity (Wildman–Crippen MR) is 95.7 cm³/mol. The van der Waals surface area contributed by atoms with Crippen LogP contribution >= 0.6 is 11.6 Å². The maximum Gasteiger partial charge on any atom is 0.264 e. The lowest BCUT2D eigenvalue weighted by molar-refractivity contribution is -0.116. The monoisotopic (exact) mass is 366 g/mol. The molecule has 24 heavy (non-hydrogen) atoms. The molecule has 2 N–H and O–H groups in total. The Morgan fingerprint density at radius 3 is 2.25 bits per heavy atom. The number of nitrogens with zero attached hydrogens (tertiary/aromatic N) is 1. The summed E-state index contributed by atoms with van der Waals surface area (Å²) in [5, 5.41) is 0.429. The van der Waals surface area contributed by atoms with E-state index >= 15 is 0 Å². The summed E-state index contributed by atoms with van der Waals surface area (Å²) >= 11 is 5.83. The molecule has 1 amide bonds. The van der Waals surface area contributed by atoms with E-state index in [-0.39, 0.29) is 10.8 Å². The van der Waals surface area contributed by atoms with Gasteiger partial charge in [-0.2, -0.15) is 0 Å². The molecule has 2 aromatic rings. The molecule has 0 aliphatic carbocycles. The van der Waals surface area contributed by atoms with Crippen LogP contribution in [0.15, 0.2) is 53.4 Å². The Hall–Kier alpha value is -2.05. The van der Waals surface area contributed by atoms with E-state index in [9.17, 15) is 13.2 Å². The summed E-state index contributed by atoms with van der Waals surface area (Å²) in [5.41, 5.74) is 6.55. The molecule has 2 aromatic carbocycles. The van der Waals surface area contributed by atoms with E-state index in [1.54, 1.807) is 12.1 Å². The molecule has 0 aromatic heterocycles. The van der Waals surface area contributed by atoms with Crippen LogP contribution in [0.25, 0.3) is 0 Å². The first kappa shape index (κ1) is 18.3. The number of hydrogen-bond donors (Lipinski definition) is 1. The molecule has 0 atom stereocenters. The predicted octanol–water partition coefficient (Wildman–Crippen LogP) is 3.14. The topological polar surface area (TPSA) is 80.5 Å². The molecule has 0 bridgehead atoms. The number of benzene rings is 2. The van der Waals surface area contributed by atoms with E-state index in [1.165, 1.54) is 24.3 Å². The number of hydrogen-bond acceptors (Lipinski definition) is 3. The first-order chi connectivity index (χ1) is 11.2. The van der Waals surface area contributed by atoms with Crippen molar-refractivity contribution in [3.63, 3.8) is 0 Å². The average molecular weight is 367 g/mol. The number of amides is 1. The average Bonchev–Trinajstić information content (AvgIpc) is 2.52. The zero-order valence-corrected chi connectivity index (χ0v) is 15.0. The van der Waals surface area contributed by atoms with Gasteiger partial charge in [0.1, 0.15) is 6.54 Å². The van der Waals surface area contributed by atoms with Crippen molar-refractivity contribution in [1.29, 1.82) is 0 Å². The number of anilines is 1. The van der Waals surface area contributed by atoms with Crippen LogP contribution in [-0.2, 0) is 14.8 Å². The number of nitrogens with two attached hydrogens (primary N) is 1. The van der Waals surface area contributed by atoms with Crippen molar-refractivity contribution in [2.75, 3.05) is 10.8 Å². The molecule has 0 unspecified atom stereocenters. The van der Waals surface area contributed by atoms with Gasteiger partial charge in [-0.3, -0.25) is 9.10 Å². The van der Waals surface area contributed by atoms with E-state index in [2.05, 4.69) is 0 Å². The summed E-state index contributed by atoms with van der Waals surface area (Å²) in [7, 11) is -3.95. The Bertz CT molecular complexity index is 833. The Morgan fingerprint density at radius 2 is 1.71 bits per heavy atom. The van der Waals surface area contributed by atoms with Crippen LogP contribution < -0.4 is 10.0 Å². The lowest BCUT2D eigenvalue weighted by Crippen LogP contribution is -2.39. The summed E-state index contributed by atoms with van der Waals surface area (Å²) in [6.45, 7) is 3.47. The van der Waals surface area contributed by atoms with Crippen molar-refractivity contribution in [3.05, 3.63) is 59.1 Å². The summed E-state index contributed by atoms with van der Waals surface area (Å²) in [4.78, 5) is 11.5. The Labute approximate surface area is 147 Å². The van der Waals surface area contributed by atoms with E-state index in [0.717, 1.165) is 9.87 Å². The van der Waals surface area contributed by atoms with Crippen molar-refractivity contribution in [3.8, 4) is 0 Å². The summed E-state index contributed by atoms with van der Waals surface area (Å²) in [5.74, 6) is -0.650. The van der Waals surface area contributed by atoms with Gasteiger partial charge in [-0.05, 0) is 41.8 Å². The molecule has 0 heterocycles. The second kappa shape index (κ2) is 7.23. The third-order valence-electron chi connectivity index (χ3n) is 3.53. The summed E-state index contributed by atoms with van der Waals surface area (Å²) in [6.07, 6.45) is 0. The Kier molecular flexibility index (Phi) is 5.51. The molecule has 0 aliphatic rings. The van der Waals surface area contributed by atoms with Gasteiger partial charge in [-0.1, -0.05) is 43.6 Å². The van der Waals surface area contributed by atoms with Gasteiger partial charge in [0, 0.05) is 5.02 Å². The van der Waals surface area contributed by atoms with Crippen molar-refractivity contribution in [1.82, 2.24) is 0 Å². The van der Waals surface area contributed by atoms with Gasteiger partial charge >= 0.3 is 0 Å². The quantitative estimate of drug-likeness (QED) is 0.852. The number of halogens is 1. The van der Waals surface area contributed by atoms with E-state index in [1.807, 2.05) is 26.0 Å². The number of sulfonamides is 1. The van der Waals surface area contributed by atoms with Crippen LogP contribution in [0.5, 0.6) is 0 Å². The fourth-order valence-electron chi connectivity index (χ4n) is 2.38. The van der Waals surface area contributed by atoms with Gasteiger partial charge < -0.3 is 5.73 Å². The van der Waals surface area contributed by atoms with Crippen LogP contribution in [0.2, 0.25) is 5.02 Å². The molecule has 5 nitrogen and oxygen atoms in total. The molecule has 0 saturated carbocycles. The molecule has 128 valence electrons. The molecule has 0 radical (unpaired) electrons. The molecule has 0 saturated heterocycles. The second-order valence-electron chi connectivity index (χ2n) is 5.65. The zero-order valence-electron chi connectivity index (χ0n) is 13.4. The Balaban J connectivity index is 2.61. The van der Waals surface area contributed by atoms with Gasteiger partial charge in [-0.25, -0.2) is 8.42 Å². The van der Waals surface area contributed by atoms with Crippen molar-refractivity contribution in [2.24, 2.45) is 5.73 Å². The fraction of sp³-hybridized carbons (Fsp3) is 0.235. The molecule has 0 aliphatic heterocycles. The maximum atomic E-state index is 13.0. The fourth-order valence-corrected chi connectivity index (χ4v) is 3.96. The van der Waals surface area contributed by atoms with Gasteiger partial charge in [0.25, 0.3) is 10.0 Å². The van der Waals surface area contributed by atoms with Crippen molar-refractivity contribution in [2.45, 2.75) is 24.7 Å². The zero-order chi connectivity index (χ0) is 17.9. The normalized spacial score (nSPS) is 11.5. The van der Waals surface area contributed by atoms with E-state index < -0.39 is 22.5 Å². The molecule has 7 heteroatoms. The van der Waals surface area contributed by atoms with E-state index in [0.29, 0.717) is 10.7 Å². The molecule has 0 fully saturated rings. The highest BCUT2D eigenvalue weighted by atomic mass is 35.5. The lowest BCUT2D eigenvalue weighted by Gasteiger charge is -2.26. The number of carbonyl (C=O) groups excluding carboxylic acids is 1. The SMILES string of the molecule is CC(C)c1ccccc1N(CC(N)=O)S(=O)(=O)c1ccc(Cl)cc1. The second-order valence-corrected chi connectivity index (χ2v) is 7.94. The molecular formula is C17H19ClN2O3S. The smallest absolute Gasteiger partial charge is 0.264 e. The Morgan fingerprint density at radius 1 is 1.12 bits per heavy atom. The number of para-hydroxylation sites is 1. The van der Waals surface area contributed by atoms with Gasteiger partial charge in [0.2, 0.25) is 5.91 Å². The number of primary amides is 1. The standard InChI is InChI=1S/C17H19ClN2O3S/c1-12(2)15-5-3-4-6-16(15)20(11-17(19)21)24(22,23)14-9-7-13(18)8-10-14/h3-10,12H,11H2,1-2H3,(H2,19,21).